The molecule has 6 heteroatoms. The van der Waals surface area contributed by atoms with E-state index in [0.29, 0.717) is 11.6 Å². The maximum atomic E-state index is 13.1. The van der Waals surface area contributed by atoms with Crippen LogP contribution in [-0.2, 0) is 11.2 Å². The van der Waals surface area contributed by atoms with Crippen LogP contribution in [0.4, 0.5) is 10.1 Å². The highest BCUT2D eigenvalue weighted by molar-refractivity contribution is 5.94. The molecule has 1 atom stereocenters. The monoisotopic (exact) mass is 394 g/mol. The molecule has 5 nitrogen and oxygen atoms in total. The molecule has 151 valence electrons. The van der Waals surface area contributed by atoms with Gasteiger partial charge >= 0.3 is 0 Å². The van der Waals surface area contributed by atoms with Crippen molar-refractivity contribution in [3.05, 3.63) is 71.4 Å². The molecule has 0 saturated carbocycles. The van der Waals surface area contributed by atoms with E-state index >= 15 is 0 Å². The Bertz CT molecular complexity index is 889. The second-order valence-electron chi connectivity index (χ2n) is 8.00. The Hall–Kier alpha value is -2.44. The fourth-order valence-electron chi connectivity index (χ4n) is 4.37. The van der Waals surface area contributed by atoms with Crippen LogP contribution in [0.25, 0.3) is 0 Å². The van der Waals surface area contributed by atoms with E-state index in [4.69, 9.17) is 4.74 Å². The van der Waals surface area contributed by atoms with Gasteiger partial charge in [-0.3, -0.25) is 9.69 Å². The van der Waals surface area contributed by atoms with Gasteiger partial charge in [-0.15, -0.1) is 0 Å². The molecule has 0 aromatic heterocycles. The van der Waals surface area contributed by atoms with Gasteiger partial charge < -0.3 is 15.0 Å². The average molecular weight is 394 g/mol. The van der Waals surface area contributed by atoms with Gasteiger partial charge in [0.05, 0.1) is 25.3 Å². The fraction of sp³-hybridized carbons (Fsp3) is 0.391. The molecular formula is C23H25FN3O2. The Morgan fingerprint density at radius 1 is 1.03 bits per heavy atom. The van der Waals surface area contributed by atoms with Crippen molar-refractivity contribution in [2.45, 2.75) is 18.5 Å². The van der Waals surface area contributed by atoms with Crippen LogP contribution in [0, 0.1) is 12.2 Å². The molecule has 2 saturated heterocycles. The number of nitrogens with zero attached hydrogens (tertiary/aromatic N) is 2. The predicted octanol–water partition coefficient (Wildman–Crippen LogP) is 2.58. The van der Waals surface area contributed by atoms with Gasteiger partial charge in [0.15, 0.2) is 0 Å². The molecule has 1 aliphatic carbocycles. The smallest absolute Gasteiger partial charge is 0.251 e. The fourth-order valence-corrected chi connectivity index (χ4v) is 4.37. The Kier molecular flexibility index (Phi) is 4.97. The Morgan fingerprint density at radius 3 is 2.48 bits per heavy atom. The number of carbonyl (C=O) groups excluding carboxylic acids is 1. The number of ether oxygens (including phenoxy) is 1. The van der Waals surface area contributed by atoms with Gasteiger partial charge in [-0.1, -0.05) is 6.07 Å². The van der Waals surface area contributed by atoms with Crippen LogP contribution >= 0.6 is 0 Å². The van der Waals surface area contributed by atoms with Crippen LogP contribution in [0.1, 0.15) is 27.5 Å². The van der Waals surface area contributed by atoms with Gasteiger partial charge in [-0.05, 0) is 60.4 Å². The van der Waals surface area contributed by atoms with Crippen molar-refractivity contribution in [1.82, 2.24) is 10.2 Å². The summed E-state index contributed by atoms with van der Waals surface area (Å²) < 4.78 is 18.4. The zero-order chi connectivity index (χ0) is 19.8. The number of anilines is 1. The normalized spacial score (nSPS) is 22.2. The summed E-state index contributed by atoms with van der Waals surface area (Å²) in [6.07, 6.45) is 2.98. The molecule has 2 aromatic rings. The van der Waals surface area contributed by atoms with Crippen LogP contribution in [0.5, 0.6) is 0 Å². The van der Waals surface area contributed by atoms with Gasteiger partial charge in [-0.2, -0.15) is 0 Å². The molecule has 2 heterocycles. The summed E-state index contributed by atoms with van der Waals surface area (Å²) in [6.45, 7) is 5.86. The summed E-state index contributed by atoms with van der Waals surface area (Å²) in [7, 11) is 0. The topological polar surface area (TPSA) is 44.8 Å². The molecule has 1 amide bonds. The van der Waals surface area contributed by atoms with Crippen LogP contribution in [0.15, 0.2) is 42.5 Å². The lowest BCUT2D eigenvalue weighted by molar-refractivity contribution is -0.0660. The lowest BCUT2D eigenvalue weighted by atomic mass is 10.1. The van der Waals surface area contributed by atoms with Crippen LogP contribution in [-0.4, -0.2) is 56.2 Å². The minimum atomic E-state index is -0.339. The number of amides is 1. The Balaban J connectivity index is 1.26. The number of carbonyl (C=O) groups is 1. The first kappa shape index (κ1) is 18.6. The second-order valence-corrected chi connectivity index (χ2v) is 8.00. The SMILES string of the molecule is O=C(NC1[CH]Cc2ccc(N3CCN(C4COC4)CC3)cc21)c1ccc(F)cc1. The second kappa shape index (κ2) is 7.76. The maximum Gasteiger partial charge on any atom is 0.251 e. The van der Waals surface area contributed by atoms with Crippen molar-refractivity contribution >= 4 is 11.6 Å². The van der Waals surface area contributed by atoms with E-state index in [0.717, 1.165) is 51.4 Å². The van der Waals surface area contributed by atoms with Crippen LogP contribution in [0.3, 0.4) is 0 Å². The van der Waals surface area contributed by atoms with Crippen molar-refractivity contribution in [3.8, 4) is 0 Å². The first-order valence-corrected chi connectivity index (χ1v) is 10.3. The van der Waals surface area contributed by atoms with Gasteiger partial charge in [0.25, 0.3) is 5.91 Å². The summed E-state index contributed by atoms with van der Waals surface area (Å²) in [5.74, 6) is -0.519. The standard InChI is InChI=1S/C23H25FN3O2/c24-18-5-1-17(2-6-18)23(28)25-22-8-4-16-3-7-19(13-21(16)22)26-9-11-27(12-10-26)20-14-29-15-20/h1-3,5-8,13,20,22H,4,9-12,14-15H2,(H,25,28). The number of rotatable bonds is 4. The number of piperazine rings is 1. The third-order valence-electron chi connectivity index (χ3n) is 6.25. The predicted molar refractivity (Wildman–Crippen MR) is 109 cm³/mol. The minimum absolute atomic E-state index is 0.115. The van der Waals surface area contributed by atoms with E-state index in [2.05, 4.69) is 39.7 Å². The van der Waals surface area contributed by atoms with Gasteiger partial charge in [0.1, 0.15) is 5.82 Å². The molecule has 0 spiro atoms. The average Bonchev–Trinajstić information content (AvgIpc) is 3.10. The van der Waals surface area contributed by atoms with E-state index in [-0.39, 0.29) is 17.8 Å². The highest BCUT2D eigenvalue weighted by Gasteiger charge is 2.30. The lowest BCUT2D eigenvalue weighted by Crippen LogP contribution is -2.56. The highest BCUT2D eigenvalue weighted by Crippen LogP contribution is 2.34. The van der Waals surface area contributed by atoms with Gasteiger partial charge in [-0.25, -0.2) is 4.39 Å². The highest BCUT2D eigenvalue weighted by atomic mass is 19.1. The molecule has 2 fully saturated rings. The maximum absolute atomic E-state index is 13.1. The number of benzene rings is 2. The van der Waals surface area contributed by atoms with Crippen molar-refractivity contribution in [2.75, 3.05) is 44.3 Å². The van der Waals surface area contributed by atoms with Crippen molar-refractivity contribution in [1.29, 1.82) is 0 Å². The van der Waals surface area contributed by atoms with Crippen molar-refractivity contribution in [2.24, 2.45) is 0 Å². The molecular weight excluding hydrogens is 369 g/mol. The quantitative estimate of drug-likeness (QED) is 0.866. The Labute approximate surface area is 170 Å². The molecule has 1 radical (unpaired) electrons. The summed E-state index contributed by atoms with van der Waals surface area (Å²) in [4.78, 5) is 17.5. The third kappa shape index (κ3) is 3.74. The molecule has 5 rings (SSSR count). The van der Waals surface area contributed by atoms with Crippen LogP contribution in [0.2, 0.25) is 0 Å². The molecule has 1 N–H and O–H groups in total. The van der Waals surface area contributed by atoms with Crippen molar-refractivity contribution < 1.29 is 13.9 Å². The number of fused-ring (bicyclic) bond motifs is 1. The van der Waals surface area contributed by atoms with Gasteiger partial charge in [0, 0.05) is 37.4 Å². The number of nitrogens with one attached hydrogen (secondary N) is 1. The first-order chi connectivity index (χ1) is 14.2. The van der Waals surface area contributed by atoms with E-state index < -0.39 is 0 Å². The van der Waals surface area contributed by atoms with E-state index in [1.165, 1.54) is 35.5 Å². The summed E-state index contributed by atoms with van der Waals surface area (Å²) in [5, 5.41) is 3.08. The van der Waals surface area contributed by atoms with Crippen LogP contribution < -0.4 is 10.2 Å². The molecule has 0 bridgehead atoms. The third-order valence-corrected chi connectivity index (χ3v) is 6.25. The zero-order valence-electron chi connectivity index (χ0n) is 16.3. The molecule has 2 aliphatic heterocycles. The number of halogens is 1. The Morgan fingerprint density at radius 2 is 1.79 bits per heavy atom. The van der Waals surface area contributed by atoms with E-state index in [9.17, 15) is 9.18 Å². The molecule has 29 heavy (non-hydrogen) atoms. The molecule has 2 aromatic carbocycles. The first-order valence-electron chi connectivity index (χ1n) is 10.3. The number of hydrogen-bond donors (Lipinski definition) is 1. The largest absolute Gasteiger partial charge is 0.378 e. The summed E-state index contributed by atoms with van der Waals surface area (Å²) in [5.41, 5.74) is 4.10. The van der Waals surface area contributed by atoms with E-state index in [1.54, 1.807) is 0 Å². The van der Waals surface area contributed by atoms with Crippen molar-refractivity contribution in [3.63, 3.8) is 0 Å². The zero-order valence-corrected chi connectivity index (χ0v) is 16.3. The molecule has 1 unspecified atom stereocenters. The minimum Gasteiger partial charge on any atom is -0.378 e. The summed E-state index contributed by atoms with van der Waals surface area (Å²) in [6, 6.07) is 12.7. The number of hydrogen-bond acceptors (Lipinski definition) is 4. The molecule has 3 aliphatic rings. The van der Waals surface area contributed by atoms with Gasteiger partial charge in [0.2, 0.25) is 0 Å². The summed E-state index contributed by atoms with van der Waals surface area (Å²) >= 11 is 0. The van der Waals surface area contributed by atoms with E-state index in [1.807, 2.05) is 0 Å². The lowest BCUT2D eigenvalue weighted by Gasteiger charge is -2.43.